The molecule has 0 aliphatic rings. The van der Waals surface area contributed by atoms with Crippen LogP contribution in [0.15, 0.2) is 59.6 Å². The second-order valence-corrected chi connectivity index (χ2v) is 6.43. The molecule has 1 heterocycles. The van der Waals surface area contributed by atoms with Gasteiger partial charge in [-0.05, 0) is 48.4 Å². The van der Waals surface area contributed by atoms with E-state index < -0.39 is 0 Å². The van der Waals surface area contributed by atoms with E-state index in [-0.39, 0.29) is 0 Å². The Morgan fingerprint density at radius 2 is 1.88 bits per heavy atom. The molecule has 2 aromatic carbocycles. The van der Waals surface area contributed by atoms with Crippen molar-refractivity contribution in [2.24, 2.45) is 0 Å². The van der Waals surface area contributed by atoms with Crippen molar-refractivity contribution in [3.63, 3.8) is 0 Å². The van der Waals surface area contributed by atoms with Crippen molar-refractivity contribution < 1.29 is 4.74 Å². The zero-order valence-corrected chi connectivity index (χ0v) is 15.9. The molecule has 3 aromatic rings. The number of benzene rings is 2. The van der Waals surface area contributed by atoms with Crippen LogP contribution in [0.3, 0.4) is 0 Å². The third kappa shape index (κ3) is 4.21. The highest BCUT2D eigenvalue weighted by Crippen LogP contribution is 2.23. The van der Waals surface area contributed by atoms with Crippen molar-refractivity contribution in [2.75, 3.05) is 18.2 Å². The lowest BCUT2D eigenvalue weighted by atomic mass is 10.2. The molecule has 0 atom stereocenters. The van der Waals surface area contributed by atoms with Crippen LogP contribution in [0.5, 0.6) is 5.75 Å². The van der Waals surface area contributed by atoms with Gasteiger partial charge >= 0.3 is 0 Å². The van der Waals surface area contributed by atoms with E-state index in [4.69, 9.17) is 10.00 Å². The number of hydrogen-bond donors (Lipinski definition) is 0. The fourth-order valence-electron chi connectivity index (χ4n) is 2.56. The Morgan fingerprint density at radius 1 is 1.15 bits per heavy atom. The Morgan fingerprint density at radius 3 is 2.50 bits per heavy atom. The summed E-state index contributed by atoms with van der Waals surface area (Å²) >= 11 is 3.57. The molecule has 0 spiro atoms. The summed E-state index contributed by atoms with van der Waals surface area (Å²) < 4.78 is 8.75. The second-order valence-electron chi connectivity index (χ2n) is 5.58. The molecule has 26 heavy (non-hydrogen) atoms. The van der Waals surface area contributed by atoms with Crippen LogP contribution in [0, 0.1) is 11.3 Å². The summed E-state index contributed by atoms with van der Waals surface area (Å²) in [5.41, 5.74) is 2.80. The summed E-state index contributed by atoms with van der Waals surface area (Å²) in [6.07, 6.45) is 4.23. The van der Waals surface area contributed by atoms with Gasteiger partial charge in [0.2, 0.25) is 0 Å². The van der Waals surface area contributed by atoms with E-state index in [1.54, 1.807) is 29.5 Å². The van der Waals surface area contributed by atoms with Gasteiger partial charge in [-0.1, -0.05) is 28.9 Å². The van der Waals surface area contributed by atoms with Gasteiger partial charge in [-0.2, -0.15) is 5.26 Å². The van der Waals surface area contributed by atoms with Crippen LogP contribution in [0.4, 0.5) is 5.69 Å². The first kappa shape index (κ1) is 18.0. The molecule has 3 rings (SSSR count). The zero-order chi connectivity index (χ0) is 18.4. The van der Waals surface area contributed by atoms with Gasteiger partial charge in [-0.25, -0.2) is 4.68 Å². The number of aromatic nitrogens is 3. The van der Waals surface area contributed by atoms with Gasteiger partial charge in [-0.3, -0.25) is 5.01 Å². The molecule has 0 radical (unpaired) electrons. The zero-order valence-electron chi connectivity index (χ0n) is 14.3. The number of anilines is 1. The van der Waals surface area contributed by atoms with E-state index in [1.165, 1.54) is 5.56 Å². The Balaban J connectivity index is 1.70. The van der Waals surface area contributed by atoms with Gasteiger partial charge in [0, 0.05) is 4.47 Å². The first-order valence-corrected chi connectivity index (χ1v) is 9.04. The predicted molar refractivity (Wildman–Crippen MR) is 103 cm³/mol. The summed E-state index contributed by atoms with van der Waals surface area (Å²) in [5.74, 6) is 0.817. The molecule has 0 bridgehead atoms. The average Bonchev–Trinajstić information content (AvgIpc) is 3.20. The van der Waals surface area contributed by atoms with Crippen LogP contribution in [0.1, 0.15) is 18.1 Å². The van der Waals surface area contributed by atoms with Crippen LogP contribution in [0.2, 0.25) is 0 Å². The molecule has 0 saturated heterocycles. The normalized spacial score (nSPS) is 10.3. The molecule has 132 valence electrons. The molecule has 0 unspecified atom stereocenters. The Labute approximate surface area is 160 Å². The maximum Gasteiger partial charge on any atom is 0.139 e. The first-order valence-electron chi connectivity index (χ1n) is 8.25. The number of nitriles is 1. The van der Waals surface area contributed by atoms with Gasteiger partial charge in [0.15, 0.2) is 0 Å². The van der Waals surface area contributed by atoms with Crippen LogP contribution in [0.25, 0.3) is 0 Å². The van der Waals surface area contributed by atoms with Crippen LogP contribution < -0.4 is 9.75 Å². The highest BCUT2D eigenvalue weighted by atomic mass is 79.9. The minimum Gasteiger partial charge on any atom is -0.492 e. The molecular weight excluding hydrogens is 394 g/mol. The lowest BCUT2D eigenvalue weighted by Crippen LogP contribution is -2.32. The van der Waals surface area contributed by atoms with E-state index in [9.17, 15) is 0 Å². The van der Waals surface area contributed by atoms with Gasteiger partial charge in [-0.15, -0.1) is 10.2 Å². The largest absolute Gasteiger partial charge is 0.492 e. The smallest absolute Gasteiger partial charge is 0.139 e. The fourth-order valence-corrected chi connectivity index (χ4v) is 3.20. The van der Waals surface area contributed by atoms with Gasteiger partial charge < -0.3 is 4.74 Å². The summed E-state index contributed by atoms with van der Waals surface area (Å²) in [6, 6.07) is 15.5. The molecule has 0 N–H and O–H groups in total. The number of rotatable bonds is 7. The monoisotopic (exact) mass is 411 g/mol. The quantitative estimate of drug-likeness (QED) is 0.590. The summed E-state index contributed by atoms with van der Waals surface area (Å²) in [7, 11) is 0. The van der Waals surface area contributed by atoms with Crippen molar-refractivity contribution in [2.45, 2.75) is 13.3 Å². The molecule has 0 fully saturated rings. The molecular formula is C19H18BrN5O. The van der Waals surface area contributed by atoms with Gasteiger partial charge in [0.25, 0.3) is 0 Å². The SMILES string of the molecule is CCc1ccc(OCCN(c2ccc(C#N)cc2)n2cnnc2)cc1Br. The van der Waals surface area contributed by atoms with Gasteiger partial charge in [0.05, 0.1) is 23.9 Å². The number of ether oxygens (including phenoxy) is 1. The number of hydrogen-bond acceptors (Lipinski definition) is 5. The van der Waals surface area contributed by atoms with E-state index >= 15 is 0 Å². The van der Waals surface area contributed by atoms with Crippen LogP contribution >= 0.6 is 15.9 Å². The number of nitrogens with zero attached hydrogens (tertiary/aromatic N) is 5. The average molecular weight is 412 g/mol. The minimum atomic E-state index is 0.482. The van der Waals surface area contributed by atoms with E-state index in [0.29, 0.717) is 18.7 Å². The third-order valence-corrected chi connectivity index (χ3v) is 4.70. The number of aryl methyl sites for hydroxylation is 1. The summed E-state index contributed by atoms with van der Waals surface area (Å²) in [6.45, 7) is 3.20. The molecule has 0 aliphatic heterocycles. The summed E-state index contributed by atoms with van der Waals surface area (Å²) in [4.78, 5) is 0. The maximum absolute atomic E-state index is 8.97. The predicted octanol–water partition coefficient (Wildman–Crippen LogP) is 3.82. The second kappa shape index (κ2) is 8.50. The van der Waals surface area contributed by atoms with Crippen molar-refractivity contribution in [3.8, 4) is 11.8 Å². The van der Waals surface area contributed by atoms with E-state index in [1.807, 2.05) is 29.3 Å². The van der Waals surface area contributed by atoms with Crippen molar-refractivity contribution in [3.05, 3.63) is 70.7 Å². The molecule has 0 amide bonds. The standard InChI is InChI=1S/C19H18BrN5O/c1-2-16-5-8-18(11-19(16)20)26-10-9-25(24-13-22-23-14-24)17-6-3-15(12-21)4-7-17/h3-8,11,13-14H,2,9-10H2,1H3. The highest BCUT2D eigenvalue weighted by molar-refractivity contribution is 9.10. The van der Waals surface area contributed by atoms with E-state index in [2.05, 4.69) is 45.2 Å². The Hall–Kier alpha value is -2.85. The molecule has 1 aromatic heterocycles. The molecule has 0 aliphatic carbocycles. The maximum atomic E-state index is 8.97. The molecule has 0 saturated carbocycles. The highest BCUT2D eigenvalue weighted by Gasteiger charge is 2.10. The minimum absolute atomic E-state index is 0.482. The third-order valence-electron chi connectivity index (χ3n) is 3.96. The van der Waals surface area contributed by atoms with E-state index in [0.717, 1.165) is 22.3 Å². The van der Waals surface area contributed by atoms with Crippen molar-refractivity contribution in [1.82, 2.24) is 14.9 Å². The lowest BCUT2D eigenvalue weighted by molar-refractivity contribution is 0.319. The topological polar surface area (TPSA) is 67.0 Å². The number of halogens is 1. The lowest BCUT2D eigenvalue weighted by Gasteiger charge is -2.25. The fraction of sp³-hybridized carbons (Fsp3) is 0.211. The Kier molecular flexibility index (Phi) is 5.87. The summed E-state index contributed by atoms with van der Waals surface area (Å²) in [5, 5.41) is 18.7. The van der Waals surface area contributed by atoms with Crippen molar-refractivity contribution in [1.29, 1.82) is 5.26 Å². The van der Waals surface area contributed by atoms with Crippen LogP contribution in [-0.4, -0.2) is 28.0 Å². The Bertz CT molecular complexity index is 887. The van der Waals surface area contributed by atoms with Crippen molar-refractivity contribution >= 4 is 21.6 Å². The van der Waals surface area contributed by atoms with Gasteiger partial charge in [0.1, 0.15) is 25.0 Å². The first-order chi connectivity index (χ1) is 12.7. The molecule has 6 nitrogen and oxygen atoms in total. The molecule has 7 heteroatoms. The van der Waals surface area contributed by atoms with Crippen LogP contribution in [-0.2, 0) is 6.42 Å².